The first-order valence-electron chi connectivity index (χ1n) is 7.54. The summed E-state index contributed by atoms with van der Waals surface area (Å²) in [7, 11) is 0. The molecule has 0 unspecified atom stereocenters. The molecule has 1 amide bonds. The molecule has 28 heavy (non-hydrogen) atoms. The third-order valence-electron chi connectivity index (χ3n) is 3.60. The van der Waals surface area contributed by atoms with Crippen LogP contribution in [0.1, 0.15) is 21.6 Å². The number of nitrogens with one attached hydrogen (secondary N) is 1. The molecule has 0 bridgehead atoms. The summed E-state index contributed by atoms with van der Waals surface area (Å²) in [6, 6.07) is 8.85. The third-order valence-corrected chi connectivity index (χ3v) is 4.62. The van der Waals surface area contributed by atoms with E-state index in [2.05, 4.69) is 10.3 Å². The smallest absolute Gasteiger partial charge is 0.298 e. The maximum atomic E-state index is 13.7. The molecular formula is C18H8F5N3OS. The van der Waals surface area contributed by atoms with Crippen molar-refractivity contribution in [2.24, 2.45) is 0 Å². The van der Waals surface area contributed by atoms with E-state index in [1.165, 1.54) is 12.1 Å². The number of hydrogen-bond acceptors (Lipinski definition) is 4. The van der Waals surface area contributed by atoms with Crippen molar-refractivity contribution in [1.29, 1.82) is 5.26 Å². The Morgan fingerprint density at radius 1 is 1.11 bits per heavy atom. The van der Waals surface area contributed by atoms with Crippen LogP contribution in [-0.2, 0) is 6.18 Å². The molecule has 4 nitrogen and oxygen atoms in total. The van der Waals surface area contributed by atoms with E-state index < -0.39 is 34.8 Å². The van der Waals surface area contributed by atoms with Gasteiger partial charge in [0.05, 0.1) is 10.4 Å². The van der Waals surface area contributed by atoms with Gasteiger partial charge in [-0.3, -0.25) is 10.1 Å². The van der Waals surface area contributed by atoms with Crippen molar-refractivity contribution < 1.29 is 26.7 Å². The Hall–Kier alpha value is -3.32. The van der Waals surface area contributed by atoms with E-state index in [1.54, 1.807) is 6.07 Å². The summed E-state index contributed by atoms with van der Waals surface area (Å²) in [4.78, 5) is 16.0. The van der Waals surface area contributed by atoms with Crippen LogP contribution in [0.4, 0.5) is 27.1 Å². The van der Waals surface area contributed by atoms with Gasteiger partial charge in [0.2, 0.25) is 0 Å². The van der Waals surface area contributed by atoms with E-state index in [0.717, 1.165) is 30.3 Å². The Bertz CT molecular complexity index is 1080. The monoisotopic (exact) mass is 409 g/mol. The first-order chi connectivity index (χ1) is 13.2. The fourth-order valence-corrected chi connectivity index (χ4v) is 3.26. The van der Waals surface area contributed by atoms with Crippen LogP contribution in [0.5, 0.6) is 0 Å². The minimum atomic E-state index is -4.58. The van der Waals surface area contributed by atoms with Crippen molar-refractivity contribution in [3.8, 4) is 16.5 Å². The van der Waals surface area contributed by atoms with Gasteiger partial charge in [-0.2, -0.15) is 18.4 Å². The average Bonchev–Trinajstić information content (AvgIpc) is 3.04. The molecule has 0 radical (unpaired) electrons. The summed E-state index contributed by atoms with van der Waals surface area (Å²) in [6.07, 6.45) is -4.58. The first-order valence-corrected chi connectivity index (χ1v) is 8.36. The van der Waals surface area contributed by atoms with Crippen LogP contribution in [0, 0.1) is 23.0 Å². The number of halogens is 5. The van der Waals surface area contributed by atoms with E-state index in [4.69, 9.17) is 0 Å². The highest BCUT2D eigenvalue weighted by molar-refractivity contribution is 7.19. The van der Waals surface area contributed by atoms with Crippen molar-refractivity contribution in [2.45, 2.75) is 6.18 Å². The van der Waals surface area contributed by atoms with Crippen molar-refractivity contribution in [3.05, 3.63) is 70.9 Å². The Morgan fingerprint density at radius 2 is 1.75 bits per heavy atom. The Morgan fingerprint density at radius 3 is 2.36 bits per heavy atom. The molecule has 0 spiro atoms. The lowest BCUT2D eigenvalue weighted by Gasteiger charge is -2.07. The van der Waals surface area contributed by atoms with Crippen molar-refractivity contribution in [2.75, 3.05) is 5.32 Å². The second kappa shape index (κ2) is 7.36. The highest BCUT2D eigenvalue weighted by Gasteiger charge is 2.31. The highest BCUT2D eigenvalue weighted by atomic mass is 32.1. The molecule has 0 saturated heterocycles. The zero-order valence-electron chi connectivity index (χ0n) is 13.6. The zero-order valence-corrected chi connectivity index (χ0v) is 14.5. The number of rotatable bonds is 3. The summed E-state index contributed by atoms with van der Waals surface area (Å²) >= 11 is 0.713. The van der Waals surface area contributed by atoms with Gasteiger partial charge in [0.15, 0.2) is 10.8 Å². The summed E-state index contributed by atoms with van der Waals surface area (Å²) in [5.74, 6) is -3.32. The fourth-order valence-electron chi connectivity index (χ4n) is 2.36. The molecule has 0 aliphatic rings. The van der Waals surface area contributed by atoms with Crippen molar-refractivity contribution in [3.63, 3.8) is 0 Å². The van der Waals surface area contributed by atoms with Gasteiger partial charge in [-0.05, 0) is 29.8 Å². The molecule has 10 heteroatoms. The van der Waals surface area contributed by atoms with E-state index >= 15 is 0 Å². The number of carbonyl (C=O) groups excluding carboxylic acids is 1. The number of nitriles is 1. The number of carbonyl (C=O) groups is 1. The quantitative estimate of drug-likeness (QED) is 0.603. The second-order valence-corrected chi connectivity index (χ2v) is 6.44. The predicted octanol–water partition coefficient (Wildman–Crippen LogP) is 5.23. The van der Waals surface area contributed by atoms with Crippen molar-refractivity contribution >= 4 is 22.4 Å². The second-order valence-electron chi connectivity index (χ2n) is 5.44. The summed E-state index contributed by atoms with van der Waals surface area (Å²) in [6.45, 7) is 0. The van der Waals surface area contributed by atoms with E-state index in [0.29, 0.717) is 11.3 Å². The molecule has 0 aliphatic heterocycles. The maximum Gasteiger partial charge on any atom is 0.416 e. The predicted molar refractivity (Wildman–Crippen MR) is 91.6 cm³/mol. The zero-order chi connectivity index (χ0) is 20.5. The Kier molecular flexibility index (Phi) is 5.11. The number of thiazole rings is 1. The SMILES string of the molecule is N#Cc1nc(NC(=O)c2c(F)cccc2F)sc1-c1cccc(C(F)(F)F)c1. The lowest BCUT2D eigenvalue weighted by Crippen LogP contribution is -2.15. The minimum absolute atomic E-state index is 0.0708. The topological polar surface area (TPSA) is 65.8 Å². The molecule has 0 atom stereocenters. The molecule has 0 aliphatic carbocycles. The van der Waals surface area contributed by atoms with Crippen LogP contribution in [-0.4, -0.2) is 10.9 Å². The number of alkyl halides is 3. The van der Waals surface area contributed by atoms with Crippen molar-refractivity contribution in [1.82, 2.24) is 4.98 Å². The van der Waals surface area contributed by atoms with E-state index in [-0.39, 0.29) is 21.3 Å². The van der Waals surface area contributed by atoms with Gasteiger partial charge in [0, 0.05) is 0 Å². The number of anilines is 1. The van der Waals surface area contributed by atoms with Crippen LogP contribution in [0.15, 0.2) is 42.5 Å². The molecule has 2 aromatic carbocycles. The van der Waals surface area contributed by atoms with Crippen LogP contribution < -0.4 is 5.32 Å². The molecule has 3 rings (SSSR count). The minimum Gasteiger partial charge on any atom is -0.298 e. The van der Waals surface area contributed by atoms with Gasteiger partial charge in [0.25, 0.3) is 5.91 Å². The molecule has 0 fully saturated rings. The van der Waals surface area contributed by atoms with Crippen LogP contribution in [0.25, 0.3) is 10.4 Å². The van der Waals surface area contributed by atoms with Crippen LogP contribution in [0.3, 0.4) is 0 Å². The number of amides is 1. The van der Waals surface area contributed by atoms with Gasteiger partial charge in [-0.15, -0.1) is 0 Å². The normalized spacial score (nSPS) is 11.1. The fraction of sp³-hybridized carbons (Fsp3) is 0.0556. The van der Waals surface area contributed by atoms with Gasteiger partial charge in [-0.25, -0.2) is 13.8 Å². The molecule has 0 saturated carbocycles. The van der Waals surface area contributed by atoms with Crippen LogP contribution >= 0.6 is 11.3 Å². The molecule has 142 valence electrons. The summed E-state index contributed by atoms with van der Waals surface area (Å²) in [5.41, 5.74) is -1.91. The lowest BCUT2D eigenvalue weighted by molar-refractivity contribution is -0.137. The maximum absolute atomic E-state index is 13.7. The first kappa shape index (κ1) is 19.4. The van der Waals surface area contributed by atoms with Gasteiger partial charge in [-0.1, -0.05) is 29.5 Å². The van der Waals surface area contributed by atoms with E-state index in [1.807, 2.05) is 0 Å². The van der Waals surface area contributed by atoms with Gasteiger partial charge in [0.1, 0.15) is 23.3 Å². The average molecular weight is 409 g/mol. The largest absolute Gasteiger partial charge is 0.416 e. The van der Waals surface area contributed by atoms with Gasteiger partial charge >= 0.3 is 6.18 Å². The number of benzene rings is 2. The third kappa shape index (κ3) is 3.84. The lowest BCUT2D eigenvalue weighted by atomic mass is 10.1. The Balaban J connectivity index is 1.96. The standard InChI is InChI=1S/C18H8F5N3OS/c19-11-5-2-6-12(20)14(11)16(27)26-17-25-13(8-24)15(28-17)9-3-1-4-10(7-9)18(21,22)23/h1-7H,(H,25,26,27). The summed E-state index contributed by atoms with van der Waals surface area (Å²) < 4.78 is 66.1. The number of nitrogens with zero attached hydrogens (tertiary/aromatic N) is 2. The number of aromatic nitrogens is 1. The Labute approximate surface area is 158 Å². The molecule has 1 N–H and O–H groups in total. The molecule has 1 heterocycles. The summed E-state index contributed by atoms with van der Waals surface area (Å²) in [5, 5.41) is 11.2. The highest BCUT2D eigenvalue weighted by Crippen LogP contribution is 2.37. The van der Waals surface area contributed by atoms with Gasteiger partial charge < -0.3 is 0 Å². The van der Waals surface area contributed by atoms with Crippen LogP contribution in [0.2, 0.25) is 0 Å². The molecule has 3 aromatic rings. The molecular weight excluding hydrogens is 401 g/mol. The van der Waals surface area contributed by atoms with E-state index in [9.17, 15) is 32.0 Å². The molecule has 1 aromatic heterocycles. The number of hydrogen-bond donors (Lipinski definition) is 1.